The van der Waals surface area contributed by atoms with Crippen LogP contribution in [0.1, 0.15) is 5.56 Å². The Morgan fingerprint density at radius 2 is 1.77 bits per heavy atom. The predicted molar refractivity (Wildman–Crippen MR) is 78.3 cm³/mol. The summed E-state index contributed by atoms with van der Waals surface area (Å²) in [6.45, 7) is 0.792. The van der Waals surface area contributed by atoms with E-state index in [0.717, 1.165) is 12.3 Å². The van der Waals surface area contributed by atoms with E-state index in [1.165, 1.54) is 12.4 Å². The normalized spacial score (nSPS) is 11.3. The number of alkyl halides is 3. The smallest absolute Gasteiger partial charge is 0.367 e. The molecule has 0 saturated heterocycles. The Morgan fingerprint density at radius 3 is 2.41 bits per heavy atom. The zero-order valence-electron chi connectivity index (χ0n) is 11.0. The molecule has 0 spiro atoms. The van der Waals surface area contributed by atoms with Crippen LogP contribution in [0.2, 0.25) is 10.2 Å². The molecule has 0 fully saturated rings. The van der Waals surface area contributed by atoms with Crippen molar-refractivity contribution in [1.29, 1.82) is 0 Å². The summed E-state index contributed by atoms with van der Waals surface area (Å²) in [7, 11) is 0. The fraction of sp³-hybridized carbons (Fsp3) is 0.250. The summed E-state index contributed by atoms with van der Waals surface area (Å²) in [6, 6.07) is 0.826. The maximum atomic E-state index is 12.5. The van der Waals surface area contributed by atoms with Crippen molar-refractivity contribution < 1.29 is 13.2 Å². The Kier molecular flexibility index (Phi) is 5.25. The molecule has 0 atom stereocenters. The van der Waals surface area contributed by atoms with Gasteiger partial charge in [0, 0.05) is 19.3 Å². The summed E-state index contributed by atoms with van der Waals surface area (Å²) >= 11 is 11.4. The molecule has 2 rings (SSSR count). The minimum atomic E-state index is -4.47. The number of nitrogens with zero attached hydrogens (tertiary/aromatic N) is 3. The van der Waals surface area contributed by atoms with Crippen LogP contribution in [-0.2, 0) is 6.18 Å². The molecule has 2 heterocycles. The second kappa shape index (κ2) is 6.97. The second-order valence-corrected chi connectivity index (χ2v) is 4.93. The summed E-state index contributed by atoms with van der Waals surface area (Å²) < 4.78 is 37.4. The summed E-state index contributed by atoms with van der Waals surface area (Å²) in [5, 5.41) is 5.92. The molecule has 0 aliphatic carbocycles. The van der Waals surface area contributed by atoms with Crippen molar-refractivity contribution in [2.24, 2.45) is 0 Å². The van der Waals surface area contributed by atoms with Gasteiger partial charge in [0.05, 0.1) is 23.0 Å². The molecule has 0 aliphatic rings. The lowest BCUT2D eigenvalue weighted by Gasteiger charge is -2.11. The number of halogens is 5. The highest BCUT2D eigenvalue weighted by molar-refractivity contribution is 6.33. The largest absolute Gasteiger partial charge is 0.417 e. The molecule has 0 radical (unpaired) electrons. The number of pyridine rings is 1. The molecule has 5 nitrogen and oxygen atoms in total. The Morgan fingerprint density at radius 1 is 1.05 bits per heavy atom. The van der Waals surface area contributed by atoms with E-state index in [0.29, 0.717) is 18.9 Å². The Hall–Kier alpha value is -1.80. The van der Waals surface area contributed by atoms with Crippen molar-refractivity contribution in [3.63, 3.8) is 0 Å². The lowest BCUT2D eigenvalue weighted by molar-refractivity contribution is -0.137. The van der Waals surface area contributed by atoms with Crippen LogP contribution in [0, 0.1) is 0 Å². The van der Waals surface area contributed by atoms with E-state index in [1.807, 2.05) is 0 Å². The average Bonchev–Trinajstić information content (AvgIpc) is 2.44. The number of anilines is 2. The zero-order valence-corrected chi connectivity index (χ0v) is 12.5. The molecule has 2 aromatic heterocycles. The molecule has 22 heavy (non-hydrogen) atoms. The van der Waals surface area contributed by atoms with Crippen LogP contribution in [0.3, 0.4) is 0 Å². The SMILES string of the molecule is FC(F)(F)c1cnc(NCCNc2cncc(Cl)n2)c(Cl)c1. The highest BCUT2D eigenvalue weighted by Crippen LogP contribution is 2.32. The molecule has 0 unspecified atom stereocenters. The van der Waals surface area contributed by atoms with Crippen LogP contribution in [-0.4, -0.2) is 28.0 Å². The summed E-state index contributed by atoms with van der Waals surface area (Å²) in [5.74, 6) is 0.662. The van der Waals surface area contributed by atoms with Crippen molar-refractivity contribution in [2.45, 2.75) is 6.18 Å². The minimum Gasteiger partial charge on any atom is -0.367 e. The van der Waals surface area contributed by atoms with E-state index in [1.54, 1.807) is 0 Å². The predicted octanol–water partition coefficient (Wildman–Crippen LogP) is 3.72. The van der Waals surface area contributed by atoms with Gasteiger partial charge >= 0.3 is 6.18 Å². The molecule has 10 heteroatoms. The first-order chi connectivity index (χ1) is 10.4. The Bertz CT molecular complexity index is 651. The number of hydrogen-bond acceptors (Lipinski definition) is 5. The van der Waals surface area contributed by atoms with Gasteiger partial charge in [-0.05, 0) is 6.07 Å². The number of nitrogens with one attached hydrogen (secondary N) is 2. The van der Waals surface area contributed by atoms with Crippen LogP contribution in [0.5, 0.6) is 0 Å². The molecule has 2 N–H and O–H groups in total. The maximum Gasteiger partial charge on any atom is 0.417 e. The molecular formula is C12H10Cl2F3N5. The van der Waals surface area contributed by atoms with E-state index in [2.05, 4.69) is 25.6 Å². The van der Waals surface area contributed by atoms with Crippen LogP contribution in [0.15, 0.2) is 24.7 Å². The van der Waals surface area contributed by atoms with E-state index in [4.69, 9.17) is 23.2 Å². The van der Waals surface area contributed by atoms with Crippen LogP contribution in [0.25, 0.3) is 0 Å². The third-order valence-corrected chi connectivity index (χ3v) is 2.97. The van der Waals surface area contributed by atoms with Crippen molar-refractivity contribution in [2.75, 3.05) is 23.7 Å². The Labute approximate surface area is 133 Å². The van der Waals surface area contributed by atoms with Crippen LogP contribution in [0.4, 0.5) is 24.8 Å². The minimum absolute atomic E-state index is 0.0997. The van der Waals surface area contributed by atoms with Gasteiger partial charge in [0.15, 0.2) is 0 Å². The first-order valence-electron chi connectivity index (χ1n) is 6.04. The van der Waals surface area contributed by atoms with Gasteiger partial charge in [-0.3, -0.25) is 4.98 Å². The highest BCUT2D eigenvalue weighted by atomic mass is 35.5. The van der Waals surface area contributed by atoms with Gasteiger partial charge in [-0.25, -0.2) is 9.97 Å². The third-order valence-electron chi connectivity index (χ3n) is 2.50. The first-order valence-corrected chi connectivity index (χ1v) is 6.80. The lowest BCUT2D eigenvalue weighted by atomic mass is 10.3. The molecule has 118 valence electrons. The molecule has 2 aromatic rings. The Balaban J connectivity index is 1.87. The fourth-order valence-electron chi connectivity index (χ4n) is 1.52. The van der Waals surface area contributed by atoms with E-state index in [9.17, 15) is 13.2 Å². The van der Waals surface area contributed by atoms with Gasteiger partial charge < -0.3 is 10.6 Å². The van der Waals surface area contributed by atoms with Gasteiger partial charge in [-0.15, -0.1) is 0 Å². The molecule has 0 aromatic carbocycles. The number of rotatable bonds is 5. The van der Waals surface area contributed by atoms with Crippen molar-refractivity contribution >= 4 is 34.8 Å². The van der Waals surface area contributed by atoms with Gasteiger partial charge in [0.2, 0.25) is 0 Å². The summed E-state index contributed by atoms with van der Waals surface area (Å²) in [6.07, 6.45) is -0.849. The monoisotopic (exact) mass is 351 g/mol. The number of hydrogen-bond donors (Lipinski definition) is 2. The lowest BCUT2D eigenvalue weighted by Crippen LogP contribution is -2.16. The van der Waals surface area contributed by atoms with Gasteiger partial charge in [0.1, 0.15) is 16.8 Å². The summed E-state index contributed by atoms with van der Waals surface area (Å²) in [5.41, 5.74) is -0.893. The summed E-state index contributed by atoms with van der Waals surface area (Å²) in [4.78, 5) is 11.5. The average molecular weight is 352 g/mol. The van der Waals surface area contributed by atoms with Gasteiger partial charge in [0.25, 0.3) is 0 Å². The van der Waals surface area contributed by atoms with E-state index < -0.39 is 11.7 Å². The molecule has 0 amide bonds. The van der Waals surface area contributed by atoms with E-state index in [-0.39, 0.29) is 16.0 Å². The van der Waals surface area contributed by atoms with Crippen LogP contribution < -0.4 is 10.6 Å². The van der Waals surface area contributed by atoms with Gasteiger partial charge in [-0.1, -0.05) is 23.2 Å². The van der Waals surface area contributed by atoms with E-state index >= 15 is 0 Å². The van der Waals surface area contributed by atoms with Crippen molar-refractivity contribution in [1.82, 2.24) is 15.0 Å². The van der Waals surface area contributed by atoms with Crippen molar-refractivity contribution in [3.8, 4) is 0 Å². The third kappa shape index (κ3) is 4.60. The topological polar surface area (TPSA) is 62.7 Å². The molecule has 0 saturated carbocycles. The standard InChI is InChI=1S/C12H10Cl2F3N5/c13-8-3-7(12(15,16)17)4-21-11(8)20-2-1-19-10-6-18-5-9(14)22-10/h3-6H,1-2H2,(H,19,22)(H,20,21). The molecule has 0 aliphatic heterocycles. The first kappa shape index (κ1) is 16.6. The number of aromatic nitrogens is 3. The zero-order chi connectivity index (χ0) is 16.2. The second-order valence-electron chi connectivity index (χ2n) is 4.13. The van der Waals surface area contributed by atoms with Gasteiger partial charge in [-0.2, -0.15) is 13.2 Å². The fourth-order valence-corrected chi connectivity index (χ4v) is 1.90. The molecular weight excluding hydrogens is 342 g/mol. The molecule has 0 bridgehead atoms. The quantitative estimate of drug-likeness (QED) is 0.803. The van der Waals surface area contributed by atoms with Crippen LogP contribution >= 0.6 is 23.2 Å². The highest BCUT2D eigenvalue weighted by Gasteiger charge is 2.31. The van der Waals surface area contributed by atoms with Crippen molar-refractivity contribution in [3.05, 3.63) is 40.4 Å². The maximum absolute atomic E-state index is 12.5.